The van der Waals surface area contributed by atoms with Crippen LogP contribution in [0.25, 0.3) is 0 Å². The van der Waals surface area contributed by atoms with Crippen molar-refractivity contribution in [2.24, 2.45) is 0 Å². The summed E-state index contributed by atoms with van der Waals surface area (Å²) in [5.41, 5.74) is 2.18. The average molecular weight is 414 g/mol. The van der Waals surface area contributed by atoms with Crippen molar-refractivity contribution in [1.82, 2.24) is 0 Å². The van der Waals surface area contributed by atoms with Crippen molar-refractivity contribution >= 4 is 5.78 Å². The summed E-state index contributed by atoms with van der Waals surface area (Å²) in [7, 11) is 1.43. The number of phenolic OH excluding ortho intramolecular Hbond substituents is 3. The molecule has 1 aliphatic rings. The lowest BCUT2D eigenvalue weighted by Gasteiger charge is -2.29. The number of rotatable bonds is 6. The van der Waals surface area contributed by atoms with Gasteiger partial charge >= 0.3 is 0 Å². The third kappa shape index (κ3) is 3.93. The van der Waals surface area contributed by atoms with E-state index in [-0.39, 0.29) is 65.1 Å². The number of Topliss-reactive ketones (excluding diaryl/α,β-unsaturated/α-hetero) is 1. The van der Waals surface area contributed by atoms with Gasteiger partial charge in [0.25, 0.3) is 0 Å². The molecule has 30 heavy (non-hydrogen) atoms. The van der Waals surface area contributed by atoms with Gasteiger partial charge in [-0.05, 0) is 38.0 Å². The summed E-state index contributed by atoms with van der Waals surface area (Å²) in [6.07, 6.45) is 1.50. The number of fused-ring (bicyclic) bond motifs is 1. The Morgan fingerprint density at radius 1 is 1.20 bits per heavy atom. The van der Waals surface area contributed by atoms with Crippen LogP contribution >= 0.6 is 0 Å². The van der Waals surface area contributed by atoms with Crippen molar-refractivity contribution in [2.75, 3.05) is 13.7 Å². The molecule has 7 nitrogen and oxygen atoms in total. The fourth-order valence-corrected chi connectivity index (χ4v) is 3.58. The first-order valence-electron chi connectivity index (χ1n) is 9.69. The van der Waals surface area contributed by atoms with Crippen LogP contribution in [-0.2, 0) is 12.8 Å². The number of ether oxygens (including phenoxy) is 2. The van der Waals surface area contributed by atoms with E-state index in [2.05, 4.69) is 0 Å². The first kappa shape index (κ1) is 21.5. The van der Waals surface area contributed by atoms with Gasteiger partial charge in [0.1, 0.15) is 28.9 Å². The molecule has 2 aromatic carbocycles. The number of allylic oxidation sites excluding steroid dienone is 2. The van der Waals surface area contributed by atoms with Crippen LogP contribution in [0.15, 0.2) is 29.8 Å². The Morgan fingerprint density at radius 2 is 1.93 bits per heavy atom. The number of methoxy groups -OCH3 is 1. The van der Waals surface area contributed by atoms with Crippen LogP contribution in [0.4, 0.5) is 0 Å². The predicted molar refractivity (Wildman–Crippen MR) is 111 cm³/mol. The summed E-state index contributed by atoms with van der Waals surface area (Å²) in [4.78, 5) is 13.0. The minimum Gasteiger partial charge on any atom is -0.507 e. The molecule has 0 saturated carbocycles. The molecule has 0 bridgehead atoms. The lowest BCUT2D eigenvalue weighted by atomic mass is 9.89. The van der Waals surface area contributed by atoms with Gasteiger partial charge in [-0.3, -0.25) is 4.79 Å². The number of carbonyl (C=O) groups is 1. The SMILES string of the molecule is COc1cc([C@@H]2CC(=O)c3c(O)c(CCO)c(O)c(CC=C(C)C)c3O2)ccc1O. The number of ketones is 1. The Morgan fingerprint density at radius 3 is 2.57 bits per heavy atom. The normalized spacial score (nSPS) is 15.3. The van der Waals surface area contributed by atoms with E-state index in [1.54, 1.807) is 12.1 Å². The highest BCUT2D eigenvalue weighted by atomic mass is 16.5. The molecular formula is C23H26O7. The van der Waals surface area contributed by atoms with E-state index in [9.17, 15) is 25.2 Å². The lowest BCUT2D eigenvalue weighted by molar-refractivity contribution is 0.0841. The summed E-state index contributed by atoms with van der Waals surface area (Å²) in [5.74, 6) is -0.514. The van der Waals surface area contributed by atoms with Crippen molar-refractivity contribution in [1.29, 1.82) is 0 Å². The van der Waals surface area contributed by atoms with E-state index in [1.165, 1.54) is 13.2 Å². The molecule has 0 fully saturated rings. The summed E-state index contributed by atoms with van der Waals surface area (Å²) in [5, 5.41) is 40.6. The van der Waals surface area contributed by atoms with E-state index in [1.807, 2.05) is 19.9 Å². The molecule has 0 saturated heterocycles. The molecule has 0 amide bonds. The molecule has 2 aromatic rings. The molecular weight excluding hydrogens is 388 g/mol. The quantitative estimate of drug-likeness (QED) is 0.534. The Bertz CT molecular complexity index is 1000. The fraction of sp³-hybridized carbons (Fsp3) is 0.348. The Hall–Kier alpha value is -3.19. The monoisotopic (exact) mass is 414 g/mol. The number of hydrogen-bond donors (Lipinski definition) is 4. The van der Waals surface area contributed by atoms with Crippen molar-refractivity contribution < 1.29 is 34.7 Å². The van der Waals surface area contributed by atoms with Crippen molar-refractivity contribution in [3.05, 3.63) is 52.1 Å². The Kier molecular flexibility index (Phi) is 6.22. The smallest absolute Gasteiger partial charge is 0.174 e. The molecule has 1 aliphatic heterocycles. The van der Waals surface area contributed by atoms with Gasteiger partial charge in [-0.15, -0.1) is 0 Å². The highest BCUT2D eigenvalue weighted by Gasteiger charge is 2.35. The van der Waals surface area contributed by atoms with Crippen LogP contribution in [0.5, 0.6) is 28.7 Å². The van der Waals surface area contributed by atoms with Crippen LogP contribution < -0.4 is 9.47 Å². The minimum absolute atomic E-state index is 0.0125. The largest absolute Gasteiger partial charge is 0.507 e. The van der Waals surface area contributed by atoms with Crippen molar-refractivity contribution in [3.8, 4) is 28.7 Å². The second kappa shape index (κ2) is 8.67. The van der Waals surface area contributed by atoms with Gasteiger partial charge in [-0.1, -0.05) is 17.7 Å². The number of phenols is 3. The van der Waals surface area contributed by atoms with Crippen LogP contribution in [0.1, 0.15) is 53.4 Å². The predicted octanol–water partition coefficient (Wildman–Crippen LogP) is 3.56. The molecule has 160 valence electrons. The van der Waals surface area contributed by atoms with Crippen LogP contribution in [0.2, 0.25) is 0 Å². The summed E-state index contributed by atoms with van der Waals surface area (Å²) < 4.78 is 11.3. The Labute approximate surface area is 174 Å². The van der Waals surface area contributed by atoms with Gasteiger partial charge < -0.3 is 29.9 Å². The first-order chi connectivity index (χ1) is 14.3. The zero-order chi connectivity index (χ0) is 22.0. The van der Waals surface area contributed by atoms with E-state index in [0.717, 1.165) is 5.57 Å². The van der Waals surface area contributed by atoms with E-state index in [4.69, 9.17) is 9.47 Å². The molecule has 0 aliphatic carbocycles. The maximum atomic E-state index is 13.0. The summed E-state index contributed by atoms with van der Waals surface area (Å²) in [6.45, 7) is 3.54. The molecule has 0 radical (unpaired) electrons. The molecule has 0 unspecified atom stereocenters. The maximum absolute atomic E-state index is 13.0. The van der Waals surface area contributed by atoms with E-state index >= 15 is 0 Å². The Balaban J connectivity index is 2.14. The topological polar surface area (TPSA) is 116 Å². The number of benzene rings is 2. The molecule has 1 heterocycles. The molecule has 3 rings (SSSR count). The third-order valence-corrected chi connectivity index (χ3v) is 5.16. The molecule has 0 aromatic heterocycles. The first-order valence-corrected chi connectivity index (χ1v) is 9.69. The molecule has 1 atom stereocenters. The second-order valence-electron chi connectivity index (χ2n) is 7.48. The van der Waals surface area contributed by atoms with Gasteiger partial charge in [0.15, 0.2) is 17.3 Å². The zero-order valence-corrected chi connectivity index (χ0v) is 17.2. The van der Waals surface area contributed by atoms with Crippen LogP contribution in [-0.4, -0.2) is 39.9 Å². The zero-order valence-electron chi connectivity index (χ0n) is 17.2. The van der Waals surface area contributed by atoms with Gasteiger partial charge in [0, 0.05) is 24.2 Å². The van der Waals surface area contributed by atoms with Crippen LogP contribution in [0, 0.1) is 0 Å². The van der Waals surface area contributed by atoms with E-state index in [0.29, 0.717) is 17.5 Å². The number of aliphatic hydroxyl groups is 1. The highest BCUT2D eigenvalue weighted by Crippen LogP contribution is 2.48. The number of aliphatic hydroxyl groups excluding tert-OH is 1. The maximum Gasteiger partial charge on any atom is 0.174 e. The summed E-state index contributed by atoms with van der Waals surface area (Å²) >= 11 is 0. The van der Waals surface area contributed by atoms with Gasteiger partial charge in [-0.25, -0.2) is 0 Å². The van der Waals surface area contributed by atoms with Crippen molar-refractivity contribution in [3.63, 3.8) is 0 Å². The van der Waals surface area contributed by atoms with E-state index < -0.39 is 6.10 Å². The molecule has 7 heteroatoms. The fourth-order valence-electron chi connectivity index (χ4n) is 3.58. The van der Waals surface area contributed by atoms with Gasteiger partial charge in [0.05, 0.1) is 13.5 Å². The minimum atomic E-state index is -0.674. The average Bonchev–Trinajstić information content (AvgIpc) is 2.70. The standard InChI is InChI=1S/C23H26O7/c1-12(2)4-6-15-21(27)14(8-9-24)22(28)20-17(26)11-18(30-23(15)20)13-5-7-16(25)19(10-13)29-3/h4-5,7,10,18,24-25,27-28H,6,8-9,11H2,1-3H3/t18-/m0/s1. The molecule has 0 spiro atoms. The summed E-state index contributed by atoms with van der Waals surface area (Å²) in [6, 6.07) is 4.69. The number of carbonyl (C=O) groups excluding carboxylic acids is 1. The lowest BCUT2D eigenvalue weighted by Crippen LogP contribution is -2.22. The number of hydrogen-bond acceptors (Lipinski definition) is 7. The number of aromatic hydroxyl groups is 3. The third-order valence-electron chi connectivity index (χ3n) is 5.16. The van der Waals surface area contributed by atoms with Crippen LogP contribution in [0.3, 0.4) is 0 Å². The second-order valence-corrected chi connectivity index (χ2v) is 7.48. The highest BCUT2D eigenvalue weighted by molar-refractivity contribution is 6.04. The molecule has 4 N–H and O–H groups in total. The van der Waals surface area contributed by atoms with Gasteiger partial charge in [0.2, 0.25) is 0 Å². The van der Waals surface area contributed by atoms with Crippen molar-refractivity contribution in [2.45, 2.75) is 39.2 Å². The van der Waals surface area contributed by atoms with Gasteiger partial charge in [-0.2, -0.15) is 0 Å².